The molecular formula is C17H18ClNO. The summed E-state index contributed by atoms with van der Waals surface area (Å²) in [6.07, 6.45) is 1.73. The van der Waals surface area contributed by atoms with E-state index in [9.17, 15) is 0 Å². The van der Waals surface area contributed by atoms with E-state index in [4.69, 9.17) is 16.3 Å². The van der Waals surface area contributed by atoms with Gasteiger partial charge in [-0.1, -0.05) is 42.5 Å². The van der Waals surface area contributed by atoms with Gasteiger partial charge in [0.1, 0.15) is 12.4 Å². The van der Waals surface area contributed by atoms with E-state index < -0.39 is 0 Å². The Balaban J connectivity index is 1.93. The minimum Gasteiger partial charge on any atom is -0.490 e. The van der Waals surface area contributed by atoms with Crippen molar-refractivity contribution in [2.75, 3.05) is 11.9 Å². The van der Waals surface area contributed by atoms with Crippen molar-refractivity contribution in [3.8, 4) is 5.75 Å². The van der Waals surface area contributed by atoms with Crippen LogP contribution in [-0.2, 0) is 6.54 Å². The number of hydrogen-bond acceptors (Lipinski definition) is 2. The van der Waals surface area contributed by atoms with Gasteiger partial charge in [-0.25, -0.2) is 0 Å². The first-order chi connectivity index (χ1) is 9.69. The van der Waals surface area contributed by atoms with Crippen molar-refractivity contribution in [1.82, 2.24) is 0 Å². The maximum Gasteiger partial charge on any atom is 0.119 e. The Morgan fingerprint density at radius 3 is 2.60 bits per heavy atom. The zero-order valence-electron chi connectivity index (χ0n) is 11.5. The lowest BCUT2D eigenvalue weighted by atomic mass is 10.2. The third-order valence-corrected chi connectivity index (χ3v) is 3.37. The number of halogens is 1. The van der Waals surface area contributed by atoms with E-state index in [1.165, 1.54) is 5.56 Å². The van der Waals surface area contributed by atoms with Gasteiger partial charge in [0.25, 0.3) is 0 Å². The van der Waals surface area contributed by atoms with Crippen LogP contribution in [0, 0.1) is 6.92 Å². The maximum atomic E-state index is 6.10. The molecule has 0 aromatic heterocycles. The van der Waals surface area contributed by atoms with E-state index in [0.717, 1.165) is 28.6 Å². The smallest absolute Gasteiger partial charge is 0.119 e. The van der Waals surface area contributed by atoms with E-state index >= 15 is 0 Å². The standard InChI is InChI=1S/C17H18ClNO/c1-3-10-20-16-8-5-14(6-9-16)12-19-15-7-4-13(2)17(18)11-15/h3-9,11,19H,1,10,12H2,2H3. The molecule has 20 heavy (non-hydrogen) atoms. The quantitative estimate of drug-likeness (QED) is 0.769. The summed E-state index contributed by atoms with van der Waals surface area (Å²) in [7, 11) is 0. The van der Waals surface area contributed by atoms with Crippen LogP contribution in [0.5, 0.6) is 5.75 Å². The SMILES string of the molecule is C=CCOc1ccc(CNc2ccc(C)c(Cl)c2)cc1. The highest BCUT2D eigenvalue weighted by atomic mass is 35.5. The second-order valence-corrected chi connectivity index (χ2v) is 4.97. The number of rotatable bonds is 6. The fourth-order valence-corrected chi connectivity index (χ4v) is 1.95. The summed E-state index contributed by atoms with van der Waals surface area (Å²) in [6.45, 7) is 6.90. The van der Waals surface area contributed by atoms with Crippen molar-refractivity contribution in [2.24, 2.45) is 0 Å². The lowest BCUT2D eigenvalue weighted by molar-refractivity contribution is 0.363. The van der Waals surface area contributed by atoms with Crippen LogP contribution in [0.2, 0.25) is 5.02 Å². The largest absolute Gasteiger partial charge is 0.490 e. The van der Waals surface area contributed by atoms with Gasteiger partial charge in [0.15, 0.2) is 0 Å². The number of hydrogen-bond donors (Lipinski definition) is 1. The van der Waals surface area contributed by atoms with Gasteiger partial charge in [-0.05, 0) is 42.3 Å². The monoisotopic (exact) mass is 287 g/mol. The average molecular weight is 288 g/mol. The highest BCUT2D eigenvalue weighted by molar-refractivity contribution is 6.31. The Labute approximate surface area is 125 Å². The van der Waals surface area contributed by atoms with Crippen molar-refractivity contribution in [2.45, 2.75) is 13.5 Å². The van der Waals surface area contributed by atoms with Crippen molar-refractivity contribution in [1.29, 1.82) is 0 Å². The van der Waals surface area contributed by atoms with Crippen LogP contribution in [0.4, 0.5) is 5.69 Å². The topological polar surface area (TPSA) is 21.3 Å². The summed E-state index contributed by atoms with van der Waals surface area (Å²) < 4.78 is 5.45. The van der Waals surface area contributed by atoms with Gasteiger partial charge < -0.3 is 10.1 Å². The molecule has 0 amide bonds. The average Bonchev–Trinajstić information content (AvgIpc) is 2.47. The molecule has 0 spiro atoms. The lowest BCUT2D eigenvalue weighted by Gasteiger charge is -2.09. The molecule has 0 atom stereocenters. The van der Waals surface area contributed by atoms with E-state index in [2.05, 4.69) is 11.9 Å². The third-order valence-electron chi connectivity index (χ3n) is 2.96. The highest BCUT2D eigenvalue weighted by Crippen LogP contribution is 2.20. The number of aryl methyl sites for hydroxylation is 1. The Morgan fingerprint density at radius 2 is 1.95 bits per heavy atom. The van der Waals surface area contributed by atoms with Crippen molar-refractivity contribution < 1.29 is 4.74 Å². The second-order valence-electron chi connectivity index (χ2n) is 4.56. The minimum absolute atomic E-state index is 0.527. The van der Waals surface area contributed by atoms with Gasteiger partial charge in [-0.15, -0.1) is 0 Å². The molecule has 0 saturated heterocycles. The Kier molecular flexibility index (Phi) is 5.08. The summed E-state index contributed by atoms with van der Waals surface area (Å²) in [6, 6.07) is 14.0. The van der Waals surface area contributed by atoms with Gasteiger partial charge in [0.2, 0.25) is 0 Å². The van der Waals surface area contributed by atoms with Crippen LogP contribution < -0.4 is 10.1 Å². The Hall–Kier alpha value is -1.93. The molecule has 0 aliphatic heterocycles. The molecular weight excluding hydrogens is 270 g/mol. The van der Waals surface area contributed by atoms with Crippen molar-refractivity contribution in [3.63, 3.8) is 0 Å². The molecule has 2 nitrogen and oxygen atoms in total. The first-order valence-electron chi connectivity index (χ1n) is 6.51. The number of ether oxygens (including phenoxy) is 1. The summed E-state index contributed by atoms with van der Waals surface area (Å²) in [5, 5.41) is 4.13. The molecule has 0 fully saturated rings. The fourth-order valence-electron chi connectivity index (χ4n) is 1.77. The maximum absolute atomic E-state index is 6.10. The molecule has 2 rings (SSSR count). The number of benzene rings is 2. The summed E-state index contributed by atoms with van der Waals surface area (Å²) >= 11 is 6.10. The predicted octanol–water partition coefficient (Wildman–Crippen LogP) is 4.83. The normalized spacial score (nSPS) is 10.1. The van der Waals surface area contributed by atoms with Gasteiger partial charge in [-0.2, -0.15) is 0 Å². The van der Waals surface area contributed by atoms with Crippen LogP contribution in [0.3, 0.4) is 0 Å². The van der Waals surface area contributed by atoms with Gasteiger partial charge >= 0.3 is 0 Å². The Bertz CT molecular complexity index is 578. The summed E-state index contributed by atoms with van der Waals surface area (Å²) in [5.74, 6) is 0.854. The molecule has 0 aliphatic carbocycles. The molecule has 2 aromatic rings. The number of anilines is 1. The van der Waals surface area contributed by atoms with Gasteiger partial charge in [0, 0.05) is 17.3 Å². The number of nitrogens with one attached hydrogen (secondary N) is 1. The zero-order valence-corrected chi connectivity index (χ0v) is 12.3. The molecule has 0 unspecified atom stereocenters. The summed E-state index contributed by atoms with van der Waals surface area (Å²) in [4.78, 5) is 0. The molecule has 2 aromatic carbocycles. The van der Waals surface area contributed by atoms with Gasteiger partial charge in [-0.3, -0.25) is 0 Å². The molecule has 0 radical (unpaired) electrons. The van der Waals surface area contributed by atoms with E-state index in [1.54, 1.807) is 6.08 Å². The van der Waals surface area contributed by atoms with Crippen LogP contribution >= 0.6 is 11.6 Å². The first-order valence-corrected chi connectivity index (χ1v) is 6.89. The molecule has 0 saturated carbocycles. The van der Waals surface area contributed by atoms with Crippen molar-refractivity contribution in [3.05, 3.63) is 71.3 Å². The molecule has 3 heteroatoms. The van der Waals surface area contributed by atoms with Crippen LogP contribution in [-0.4, -0.2) is 6.61 Å². The van der Waals surface area contributed by atoms with E-state index in [0.29, 0.717) is 6.61 Å². The van der Waals surface area contributed by atoms with Crippen LogP contribution in [0.25, 0.3) is 0 Å². The fraction of sp³-hybridized carbons (Fsp3) is 0.176. The van der Waals surface area contributed by atoms with Crippen LogP contribution in [0.15, 0.2) is 55.1 Å². The highest BCUT2D eigenvalue weighted by Gasteiger charge is 1.99. The minimum atomic E-state index is 0.527. The molecule has 0 bridgehead atoms. The zero-order chi connectivity index (χ0) is 14.4. The predicted molar refractivity (Wildman–Crippen MR) is 85.6 cm³/mol. The lowest BCUT2D eigenvalue weighted by Crippen LogP contribution is -2.00. The van der Waals surface area contributed by atoms with Crippen LogP contribution in [0.1, 0.15) is 11.1 Å². The Morgan fingerprint density at radius 1 is 1.20 bits per heavy atom. The van der Waals surface area contributed by atoms with Crippen molar-refractivity contribution >= 4 is 17.3 Å². The third kappa shape index (κ3) is 4.04. The van der Waals surface area contributed by atoms with E-state index in [-0.39, 0.29) is 0 Å². The first kappa shape index (κ1) is 14.5. The summed E-state index contributed by atoms with van der Waals surface area (Å²) in [5.41, 5.74) is 3.29. The molecule has 1 N–H and O–H groups in total. The molecule has 104 valence electrons. The van der Waals surface area contributed by atoms with E-state index in [1.807, 2.05) is 49.4 Å². The molecule has 0 aliphatic rings. The van der Waals surface area contributed by atoms with Gasteiger partial charge in [0.05, 0.1) is 0 Å². The molecule has 0 heterocycles. The second kappa shape index (κ2) is 7.01.